The zero-order chi connectivity index (χ0) is 12.6. The van der Waals surface area contributed by atoms with Crippen molar-refractivity contribution in [1.29, 1.82) is 0 Å². The predicted octanol–water partition coefficient (Wildman–Crippen LogP) is 2.64. The second kappa shape index (κ2) is 4.31. The van der Waals surface area contributed by atoms with Crippen molar-refractivity contribution < 1.29 is 23.8 Å². The van der Waals surface area contributed by atoms with Crippen LogP contribution in [0.3, 0.4) is 0 Å². The smallest absolute Gasteiger partial charge is 0.303 e. The molecular formula is C12H12F2O3. The normalized spacial score (nSPS) is 16.8. The van der Waals surface area contributed by atoms with Gasteiger partial charge in [0, 0.05) is 0 Å². The van der Waals surface area contributed by atoms with E-state index in [-0.39, 0.29) is 18.3 Å². The monoisotopic (exact) mass is 242 g/mol. The summed E-state index contributed by atoms with van der Waals surface area (Å²) in [5.41, 5.74) is 0.308. The van der Waals surface area contributed by atoms with Gasteiger partial charge >= 0.3 is 5.97 Å². The minimum atomic E-state index is -1.05. The van der Waals surface area contributed by atoms with Gasteiger partial charge in [0.15, 0.2) is 17.4 Å². The summed E-state index contributed by atoms with van der Waals surface area (Å²) >= 11 is 0. The maximum Gasteiger partial charge on any atom is 0.303 e. The maximum absolute atomic E-state index is 13.2. The Morgan fingerprint density at radius 1 is 1.35 bits per heavy atom. The number of carboxylic acids is 1. The third-order valence-electron chi connectivity index (χ3n) is 3.05. The van der Waals surface area contributed by atoms with Crippen LogP contribution in [0.15, 0.2) is 12.1 Å². The van der Waals surface area contributed by atoms with Gasteiger partial charge in [0.05, 0.1) is 6.42 Å². The van der Waals surface area contributed by atoms with Crippen LogP contribution in [-0.2, 0) is 4.79 Å². The van der Waals surface area contributed by atoms with Crippen molar-refractivity contribution in [3.8, 4) is 5.75 Å². The molecule has 0 saturated heterocycles. The van der Waals surface area contributed by atoms with Gasteiger partial charge < -0.3 is 10.2 Å². The van der Waals surface area contributed by atoms with E-state index in [1.54, 1.807) is 0 Å². The molecule has 0 aliphatic heterocycles. The molecule has 5 heteroatoms. The van der Waals surface area contributed by atoms with Crippen molar-refractivity contribution >= 4 is 5.97 Å². The minimum absolute atomic E-state index is 0.145. The highest BCUT2D eigenvalue weighted by molar-refractivity contribution is 5.68. The first-order valence-corrected chi connectivity index (χ1v) is 5.38. The average molecular weight is 242 g/mol. The molecule has 0 spiro atoms. The van der Waals surface area contributed by atoms with E-state index in [0.29, 0.717) is 5.56 Å². The molecule has 1 aliphatic rings. The van der Waals surface area contributed by atoms with Crippen LogP contribution < -0.4 is 0 Å². The van der Waals surface area contributed by atoms with Crippen molar-refractivity contribution in [2.45, 2.75) is 25.2 Å². The lowest BCUT2D eigenvalue weighted by molar-refractivity contribution is -0.137. The third-order valence-corrected chi connectivity index (χ3v) is 3.05. The Morgan fingerprint density at radius 3 is 2.29 bits per heavy atom. The van der Waals surface area contributed by atoms with Gasteiger partial charge in [-0.1, -0.05) is 0 Å². The summed E-state index contributed by atoms with van der Waals surface area (Å²) in [6.07, 6.45) is 1.61. The molecule has 3 nitrogen and oxygen atoms in total. The maximum atomic E-state index is 13.2. The highest BCUT2D eigenvalue weighted by Crippen LogP contribution is 2.45. The Kier molecular flexibility index (Phi) is 3.00. The first-order valence-electron chi connectivity index (χ1n) is 5.38. The highest BCUT2D eigenvalue weighted by Gasteiger charge is 2.34. The quantitative estimate of drug-likeness (QED) is 0.853. The Bertz CT molecular complexity index is 432. The van der Waals surface area contributed by atoms with E-state index in [4.69, 9.17) is 10.2 Å². The zero-order valence-corrected chi connectivity index (χ0v) is 8.99. The summed E-state index contributed by atoms with van der Waals surface area (Å²) in [5, 5.41) is 17.8. The van der Waals surface area contributed by atoms with Gasteiger partial charge in [0.2, 0.25) is 0 Å². The standard InChI is InChI=1S/C12H12F2O3/c13-9-3-7(4-10(14)12(9)17)8(5-11(15)16)6-1-2-6/h3-4,6,8,17H,1-2,5H2,(H,15,16). The molecule has 92 valence electrons. The lowest BCUT2D eigenvalue weighted by Crippen LogP contribution is -2.09. The van der Waals surface area contributed by atoms with E-state index in [2.05, 4.69) is 0 Å². The fourth-order valence-electron chi connectivity index (χ4n) is 2.04. The van der Waals surface area contributed by atoms with Gasteiger partial charge in [-0.05, 0) is 42.4 Å². The number of aliphatic carboxylic acids is 1. The number of benzene rings is 1. The molecule has 1 aromatic rings. The van der Waals surface area contributed by atoms with Gasteiger partial charge in [-0.2, -0.15) is 0 Å². The van der Waals surface area contributed by atoms with E-state index < -0.39 is 23.4 Å². The number of hydrogen-bond donors (Lipinski definition) is 2. The Morgan fingerprint density at radius 2 is 1.88 bits per heavy atom. The summed E-state index contributed by atoms with van der Waals surface area (Å²) in [6.45, 7) is 0. The van der Waals surface area contributed by atoms with E-state index >= 15 is 0 Å². The second-order valence-corrected chi connectivity index (χ2v) is 4.37. The lowest BCUT2D eigenvalue weighted by atomic mass is 9.91. The zero-order valence-electron chi connectivity index (χ0n) is 8.99. The number of halogens is 2. The summed E-state index contributed by atoms with van der Waals surface area (Å²) in [5.74, 6) is -4.30. The van der Waals surface area contributed by atoms with Gasteiger partial charge in [-0.15, -0.1) is 0 Å². The number of carbonyl (C=O) groups is 1. The summed E-state index contributed by atoms with van der Waals surface area (Å²) < 4.78 is 26.4. The van der Waals surface area contributed by atoms with Crippen LogP contribution in [0.1, 0.15) is 30.7 Å². The van der Waals surface area contributed by atoms with E-state index in [9.17, 15) is 13.6 Å². The molecule has 0 bridgehead atoms. The molecule has 1 unspecified atom stereocenters. The number of rotatable bonds is 4. The van der Waals surface area contributed by atoms with Crippen molar-refractivity contribution in [3.63, 3.8) is 0 Å². The van der Waals surface area contributed by atoms with Crippen LogP contribution in [0, 0.1) is 17.6 Å². The summed E-state index contributed by atoms with van der Waals surface area (Å²) in [6, 6.07) is 2.04. The molecule has 1 atom stereocenters. The van der Waals surface area contributed by atoms with Crippen molar-refractivity contribution in [2.24, 2.45) is 5.92 Å². The van der Waals surface area contributed by atoms with Crippen LogP contribution >= 0.6 is 0 Å². The van der Waals surface area contributed by atoms with Crippen LogP contribution in [0.4, 0.5) is 8.78 Å². The minimum Gasteiger partial charge on any atom is -0.503 e. The van der Waals surface area contributed by atoms with E-state index in [0.717, 1.165) is 25.0 Å². The van der Waals surface area contributed by atoms with Crippen LogP contribution in [0.2, 0.25) is 0 Å². The molecule has 0 radical (unpaired) electrons. The van der Waals surface area contributed by atoms with Crippen molar-refractivity contribution in [3.05, 3.63) is 29.3 Å². The SMILES string of the molecule is O=C(O)CC(c1cc(F)c(O)c(F)c1)C1CC1. The lowest BCUT2D eigenvalue weighted by Gasteiger charge is -2.15. The number of phenolic OH excluding ortho intramolecular Hbond substituents is 1. The predicted molar refractivity (Wildman–Crippen MR) is 55.7 cm³/mol. The number of phenols is 1. The summed E-state index contributed by atoms with van der Waals surface area (Å²) in [7, 11) is 0. The number of carboxylic acid groups (broad SMARTS) is 1. The Hall–Kier alpha value is -1.65. The first-order chi connectivity index (χ1) is 7.99. The molecule has 1 aliphatic carbocycles. The van der Waals surface area contributed by atoms with E-state index in [1.807, 2.05) is 0 Å². The highest BCUT2D eigenvalue weighted by atomic mass is 19.1. The van der Waals surface area contributed by atoms with Crippen LogP contribution in [0.5, 0.6) is 5.75 Å². The molecule has 1 aromatic carbocycles. The molecule has 2 N–H and O–H groups in total. The topological polar surface area (TPSA) is 57.5 Å². The van der Waals surface area contributed by atoms with E-state index in [1.165, 1.54) is 0 Å². The third kappa shape index (κ3) is 2.54. The summed E-state index contributed by atoms with van der Waals surface area (Å²) in [4.78, 5) is 10.7. The fraction of sp³-hybridized carbons (Fsp3) is 0.417. The largest absolute Gasteiger partial charge is 0.503 e. The molecule has 1 fully saturated rings. The molecular weight excluding hydrogens is 230 g/mol. The molecule has 1 saturated carbocycles. The fourth-order valence-corrected chi connectivity index (χ4v) is 2.04. The number of aromatic hydroxyl groups is 1. The molecule has 17 heavy (non-hydrogen) atoms. The number of hydrogen-bond acceptors (Lipinski definition) is 2. The average Bonchev–Trinajstić information content (AvgIpc) is 3.05. The molecule has 0 aromatic heterocycles. The van der Waals surface area contributed by atoms with Crippen molar-refractivity contribution in [1.82, 2.24) is 0 Å². The Labute approximate surface area is 96.7 Å². The first kappa shape index (κ1) is 11.8. The molecule has 2 rings (SSSR count). The van der Waals surface area contributed by atoms with Crippen molar-refractivity contribution in [2.75, 3.05) is 0 Å². The van der Waals surface area contributed by atoms with Crippen LogP contribution in [0.25, 0.3) is 0 Å². The van der Waals surface area contributed by atoms with Gasteiger partial charge in [0.25, 0.3) is 0 Å². The van der Waals surface area contributed by atoms with Gasteiger partial charge in [0.1, 0.15) is 0 Å². The van der Waals surface area contributed by atoms with Crippen LogP contribution in [-0.4, -0.2) is 16.2 Å². The Balaban J connectivity index is 2.32. The van der Waals surface area contributed by atoms with Gasteiger partial charge in [-0.25, -0.2) is 8.78 Å². The molecule has 0 heterocycles. The van der Waals surface area contributed by atoms with Gasteiger partial charge in [-0.3, -0.25) is 4.79 Å². The second-order valence-electron chi connectivity index (χ2n) is 4.37. The molecule has 0 amide bonds.